The van der Waals surface area contributed by atoms with Crippen molar-refractivity contribution >= 4 is 15.5 Å². The number of esters is 1. The van der Waals surface area contributed by atoms with Crippen molar-refractivity contribution in [2.45, 2.75) is 96.6 Å². The SMILES string of the molecule is CCCC1CCC(C2CCC(C(=O)Oc3ccc(CCC[SiH2]C)cc3)CC2)CC1. The van der Waals surface area contributed by atoms with Gasteiger partial charge in [0.2, 0.25) is 0 Å². The van der Waals surface area contributed by atoms with E-state index in [1.807, 2.05) is 12.1 Å². The maximum Gasteiger partial charge on any atom is 0.314 e. The lowest BCUT2D eigenvalue weighted by atomic mass is 9.69. The summed E-state index contributed by atoms with van der Waals surface area (Å²) in [5.74, 6) is 3.59. The first kappa shape index (κ1) is 22.6. The van der Waals surface area contributed by atoms with E-state index in [4.69, 9.17) is 4.74 Å². The zero-order valence-electron chi connectivity index (χ0n) is 18.8. The van der Waals surface area contributed by atoms with Crippen molar-refractivity contribution in [3.63, 3.8) is 0 Å². The molecular formula is C26H42O2Si. The normalized spacial score (nSPS) is 27.9. The van der Waals surface area contributed by atoms with E-state index in [-0.39, 0.29) is 21.4 Å². The summed E-state index contributed by atoms with van der Waals surface area (Å²) >= 11 is 0. The van der Waals surface area contributed by atoms with E-state index < -0.39 is 0 Å². The fourth-order valence-corrected chi connectivity index (χ4v) is 6.44. The van der Waals surface area contributed by atoms with Crippen LogP contribution in [0.2, 0.25) is 12.6 Å². The molecule has 0 N–H and O–H groups in total. The molecule has 2 saturated carbocycles. The van der Waals surface area contributed by atoms with Gasteiger partial charge in [-0.05, 0) is 80.4 Å². The molecule has 2 fully saturated rings. The Morgan fingerprint density at radius 3 is 2.17 bits per heavy atom. The van der Waals surface area contributed by atoms with Crippen molar-refractivity contribution in [1.29, 1.82) is 0 Å². The highest BCUT2D eigenvalue weighted by molar-refractivity contribution is 6.33. The zero-order valence-corrected chi connectivity index (χ0v) is 20.2. The fourth-order valence-electron chi connectivity index (χ4n) is 5.69. The average molecular weight is 415 g/mol. The number of carbonyl (C=O) groups is 1. The topological polar surface area (TPSA) is 26.3 Å². The standard InChI is InChI=1S/C26H42O2Si/c1-3-5-20-7-11-22(12-8-20)23-13-15-24(16-14-23)26(27)28-25-17-9-21(10-18-25)6-4-19-29-2/h9-10,17-18,20,22-24H,3-8,11-16,19,29H2,1-2H3. The van der Waals surface area contributed by atoms with Crippen LogP contribution < -0.4 is 4.74 Å². The lowest BCUT2D eigenvalue weighted by Crippen LogP contribution is -2.30. The van der Waals surface area contributed by atoms with Gasteiger partial charge in [0.25, 0.3) is 0 Å². The van der Waals surface area contributed by atoms with Crippen molar-refractivity contribution in [1.82, 2.24) is 0 Å². The minimum Gasteiger partial charge on any atom is -0.426 e. The minimum atomic E-state index is -0.000151. The predicted octanol–water partition coefficient (Wildman–Crippen LogP) is 6.57. The van der Waals surface area contributed by atoms with Gasteiger partial charge >= 0.3 is 5.97 Å². The molecule has 2 nitrogen and oxygen atoms in total. The lowest BCUT2D eigenvalue weighted by Gasteiger charge is -2.37. The highest BCUT2D eigenvalue weighted by Gasteiger charge is 2.33. The van der Waals surface area contributed by atoms with Gasteiger partial charge in [-0.25, -0.2) is 0 Å². The van der Waals surface area contributed by atoms with Crippen LogP contribution in [0.5, 0.6) is 5.75 Å². The van der Waals surface area contributed by atoms with E-state index in [1.165, 1.54) is 69.4 Å². The summed E-state index contributed by atoms with van der Waals surface area (Å²) in [6.07, 6.45) is 15.4. The maximum absolute atomic E-state index is 12.6. The molecule has 0 radical (unpaired) electrons. The van der Waals surface area contributed by atoms with Gasteiger partial charge in [0.05, 0.1) is 5.92 Å². The molecule has 0 atom stereocenters. The van der Waals surface area contributed by atoms with Gasteiger partial charge in [0, 0.05) is 9.52 Å². The molecule has 1 aromatic carbocycles. The second-order valence-electron chi connectivity index (χ2n) is 9.70. The Labute approximate surface area is 181 Å². The number of aryl methyl sites for hydroxylation is 1. The van der Waals surface area contributed by atoms with Gasteiger partial charge in [-0.15, -0.1) is 0 Å². The van der Waals surface area contributed by atoms with E-state index in [2.05, 4.69) is 25.6 Å². The molecule has 0 unspecified atom stereocenters. The molecule has 1 aromatic rings. The van der Waals surface area contributed by atoms with Gasteiger partial charge in [-0.1, -0.05) is 63.8 Å². The van der Waals surface area contributed by atoms with Crippen LogP contribution in [0.4, 0.5) is 0 Å². The zero-order chi connectivity index (χ0) is 20.5. The lowest BCUT2D eigenvalue weighted by molar-refractivity contribution is -0.140. The molecule has 0 aromatic heterocycles. The summed E-state index contributed by atoms with van der Waals surface area (Å²) in [5, 5.41) is 0. The Morgan fingerprint density at radius 1 is 0.966 bits per heavy atom. The molecule has 0 spiro atoms. The first-order valence-corrected chi connectivity index (χ1v) is 14.9. The Balaban J connectivity index is 1.39. The van der Waals surface area contributed by atoms with Crippen molar-refractivity contribution < 1.29 is 9.53 Å². The molecule has 0 heterocycles. The third-order valence-electron chi connectivity index (χ3n) is 7.57. The monoisotopic (exact) mass is 414 g/mol. The van der Waals surface area contributed by atoms with Crippen LogP contribution in [0, 0.1) is 23.7 Å². The molecule has 29 heavy (non-hydrogen) atoms. The number of benzene rings is 1. The molecule has 0 amide bonds. The smallest absolute Gasteiger partial charge is 0.314 e. The minimum absolute atomic E-state index is 0.000151. The number of ether oxygens (including phenoxy) is 1. The molecule has 0 bridgehead atoms. The fraction of sp³-hybridized carbons (Fsp3) is 0.731. The second-order valence-corrected chi connectivity index (χ2v) is 11.4. The average Bonchev–Trinajstić information content (AvgIpc) is 2.76. The van der Waals surface area contributed by atoms with Gasteiger partial charge in [0.15, 0.2) is 0 Å². The molecule has 3 heteroatoms. The molecule has 162 valence electrons. The predicted molar refractivity (Wildman–Crippen MR) is 125 cm³/mol. The molecule has 3 rings (SSSR count). The van der Waals surface area contributed by atoms with E-state index in [9.17, 15) is 4.79 Å². The number of hydrogen-bond donors (Lipinski definition) is 0. The summed E-state index contributed by atoms with van der Waals surface area (Å²) in [6.45, 7) is 4.68. The van der Waals surface area contributed by atoms with Crippen molar-refractivity contribution in [2.75, 3.05) is 0 Å². The van der Waals surface area contributed by atoms with Crippen LogP contribution in [0.3, 0.4) is 0 Å². The van der Waals surface area contributed by atoms with E-state index in [1.54, 1.807) is 0 Å². The van der Waals surface area contributed by atoms with Crippen LogP contribution >= 0.6 is 0 Å². The second kappa shape index (κ2) is 11.9. The number of carbonyl (C=O) groups excluding carboxylic acids is 1. The summed E-state index contributed by atoms with van der Waals surface area (Å²) in [5.41, 5.74) is 1.36. The summed E-state index contributed by atoms with van der Waals surface area (Å²) in [4.78, 5) is 12.6. The third kappa shape index (κ3) is 6.98. The van der Waals surface area contributed by atoms with Gasteiger partial charge in [-0.2, -0.15) is 0 Å². The molecule has 0 saturated heterocycles. The number of rotatable bonds is 9. The number of hydrogen-bond acceptors (Lipinski definition) is 2. The van der Waals surface area contributed by atoms with Gasteiger partial charge in [-0.3, -0.25) is 4.79 Å². The highest BCUT2D eigenvalue weighted by Crippen LogP contribution is 2.42. The summed E-state index contributed by atoms with van der Waals surface area (Å²) < 4.78 is 5.72. The molecule has 0 aliphatic heterocycles. The van der Waals surface area contributed by atoms with Crippen molar-refractivity contribution in [3.05, 3.63) is 29.8 Å². The van der Waals surface area contributed by atoms with Crippen molar-refractivity contribution in [2.24, 2.45) is 23.7 Å². The van der Waals surface area contributed by atoms with E-state index >= 15 is 0 Å². The van der Waals surface area contributed by atoms with Crippen LogP contribution in [-0.4, -0.2) is 15.5 Å². The van der Waals surface area contributed by atoms with Crippen LogP contribution in [0.1, 0.15) is 83.1 Å². The maximum atomic E-state index is 12.6. The highest BCUT2D eigenvalue weighted by atomic mass is 28.2. The summed E-state index contributed by atoms with van der Waals surface area (Å²) in [6, 6.07) is 9.64. The Hall–Kier alpha value is -1.09. The van der Waals surface area contributed by atoms with Crippen molar-refractivity contribution in [3.8, 4) is 5.75 Å². The van der Waals surface area contributed by atoms with Gasteiger partial charge in [0.1, 0.15) is 5.75 Å². The largest absolute Gasteiger partial charge is 0.426 e. The molecular weight excluding hydrogens is 372 g/mol. The molecule has 2 aliphatic carbocycles. The molecule has 2 aliphatic rings. The Morgan fingerprint density at radius 2 is 1.59 bits per heavy atom. The van der Waals surface area contributed by atoms with Crippen LogP contribution in [-0.2, 0) is 11.2 Å². The van der Waals surface area contributed by atoms with Crippen LogP contribution in [0.25, 0.3) is 0 Å². The van der Waals surface area contributed by atoms with E-state index in [0.29, 0.717) is 0 Å². The summed E-state index contributed by atoms with van der Waals surface area (Å²) in [7, 11) is 0.179. The Bertz CT molecular complexity index is 596. The third-order valence-corrected chi connectivity index (χ3v) is 8.78. The quantitative estimate of drug-likeness (QED) is 0.198. The Kier molecular flexibility index (Phi) is 9.29. The van der Waals surface area contributed by atoms with Crippen LogP contribution in [0.15, 0.2) is 24.3 Å². The van der Waals surface area contributed by atoms with E-state index in [0.717, 1.165) is 42.8 Å². The first-order chi connectivity index (χ1) is 14.2. The first-order valence-electron chi connectivity index (χ1n) is 12.5. The van der Waals surface area contributed by atoms with Gasteiger partial charge < -0.3 is 4.74 Å².